The quantitative estimate of drug-likeness (QED) is 0.856. The summed E-state index contributed by atoms with van der Waals surface area (Å²) in [7, 11) is 0. The summed E-state index contributed by atoms with van der Waals surface area (Å²) in [5, 5.41) is 3.47. The van der Waals surface area contributed by atoms with Crippen molar-refractivity contribution in [3.8, 4) is 17.2 Å². The summed E-state index contributed by atoms with van der Waals surface area (Å²) in [4.78, 5) is 0. The SMILES string of the molecule is FCCc1ccc([C@@H]2CCNC[C@H]2COc2ccc3c(c2)OCO3)cc1. The van der Waals surface area contributed by atoms with Crippen LogP contribution in [0.5, 0.6) is 17.2 Å². The maximum Gasteiger partial charge on any atom is 0.231 e. The molecule has 2 heterocycles. The second-order valence-electron chi connectivity index (χ2n) is 6.87. The predicted molar refractivity (Wildman–Crippen MR) is 97.9 cm³/mol. The molecule has 0 bridgehead atoms. The Morgan fingerprint density at radius 2 is 1.92 bits per heavy atom. The van der Waals surface area contributed by atoms with Gasteiger partial charge in [0.1, 0.15) is 5.75 Å². The lowest BCUT2D eigenvalue weighted by Gasteiger charge is -2.32. The van der Waals surface area contributed by atoms with Crippen LogP contribution in [0.1, 0.15) is 23.5 Å². The Hall–Kier alpha value is -2.27. The highest BCUT2D eigenvalue weighted by Gasteiger charge is 2.27. The van der Waals surface area contributed by atoms with Crippen molar-refractivity contribution in [1.82, 2.24) is 5.32 Å². The van der Waals surface area contributed by atoms with Crippen LogP contribution in [-0.4, -0.2) is 33.2 Å². The van der Waals surface area contributed by atoms with Gasteiger partial charge in [-0.25, -0.2) is 0 Å². The second kappa shape index (κ2) is 7.96. The van der Waals surface area contributed by atoms with E-state index in [1.54, 1.807) is 0 Å². The van der Waals surface area contributed by atoms with E-state index in [9.17, 15) is 4.39 Å². The highest BCUT2D eigenvalue weighted by Crippen LogP contribution is 2.36. The molecule has 0 saturated carbocycles. The van der Waals surface area contributed by atoms with E-state index in [2.05, 4.69) is 17.4 Å². The van der Waals surface area contributed by atoms with Crippen molar-refractivity contribution in [3.05, 3.63) is 53.6 Å². The molecule has 0 unspecified atom stereocenters. The standard InChI is InChI=1S/C21H24FNO3/c22-9-7-15-1-3-16(4-2-15)19-8-10-23-12-17(19)13-24-18-5-6-20-21(11-18)26-14-25-20/h1-6,11,17,19,23H,7-10,12-14H2/t17-,19-/m0/s1. The minimum absolute atomic E-state index is 0.270. The molecule has 138 valence electrons. The van der Waals surface area contributed by atoms with Crippen LogP contribution in [0, 0.1) is 5.92 Å². The zero-order chi connectivity index (χ0) is 17.8. The van der Waals surface area contributed by atoms with Gasteiger partial charge in [0, 0.05) is 24.9 Å². The van der Waals surface area contributed by atoms with Gasteiger partial charge in [-0.3, -0.25) is 4.39 Å². The zero-order valence-electron chi connectivity index (χ0n) is 14.7. The first-order valence-corrected chi connectivity index (χ1v) is 9.21. The molecule has 0 aliphatic carbocycles. The van der Waals surface area contributed by atoms with Gasteiger partial charge >= 0.3 is 0 Å². The van der Waals surface area contributed by atoms with E-state index >= 15 is 0 Å². The molecular weight excluding hydrogens is 333 g/mol. The topological polar surface area (TPSA) is 39.7 Å². The number of nitrogens with one attached hydrogen (secondary N) is 1. The van der Waals surface area contributed by atoms with E-state index < -0.39 is 0 Å². The molecule has 2 atom stereocenters. The lowest BCUT2D eigenvalue weighted by Crippen LogP contribution is -2.38. The van der Waals surface area contributed by atoms with Crippen molar-refractivity contribution in [3.63, 3.8) is 0 Å². The van der Waals surface area contributed by atoms with Gasteiger partial charge < -0.3 is 19.5 Å². The van der Waals surface area contributed by atoms with Crippen molar-refractivity contribution < 1.29 is 18.6 Å². The van der Waals surface area contributed by atoms with E-state index in [0.29, 0.717) is 24.9 Å². The Labute approximate surface area is 153 Å². The van der Waals surface area contributed by atoms with Crippen LogP contribution in [0.3, 0.4) is 0 Å². The maximum atomic E-state index is 12.5. The first-order chi connectivity index (χ1) is 12.8. The molecule has 1 N–H and O–H groups in total. The predicted octanol–water partition coefficient (Wildman–Crippen LogP) is 3.70. The molecule has 2 aromatic rings. The number of fused-ring (bicyclic) bond motifs is 1. The summed E-state index contributed by atoms with van der Waals surface area (Å²) >= 11 is 0. The number of hydrogen-bond acceptors (Lipinski definition) is 4. The van der Waals surface area contributed by atoms with Crippen LogP contribution in [0.25, 0.3) is 0 Å². The van der Waals surface area contributed by atoms with Crippen LogP contribution < -0.4 is 19.5 Å². The van der Waals surface area contributed by atoms with Gasteiger partial charge in [-0.05, 0) is 42.1 Å². The van der Waals surface area contributed by atoms with Gasteiger partial charge in [-0.15, -0.1) is 0 Å². The normalized spacial score (nSPS) is 21.6. The Kier molecular flexibility index (Phi) is 5.25. The smallest absolute Gasteiger partial charge is 0.231 e. The molecule has 4 nitrogen and oxygen atoms in total. The minimum Gasteiger partial charge on any atom is -0.493 e. The van der Waals surface area contributed by atoms with Gasteiger partial charge in [0.05, 0.1) is 13.3 Å². The van der Waals surface area contributed by atoms with Crippen molar-refractivity contribution >= 4 is 0 Å². The molecule has 5 heteroatoms. The van der Waals surface area contributed by atoms with Crippen LogP contribution in [0.15, 0.2) is 42.5 Å². The molecule has 1 fully saturated rings. The summed E-state index contributed by atoms with van der Waals surface area (Å²) < 4.78 is 29.3. The molecule has 0 spiro atoms. The molecule has 0 radical (unpaired) electrons. The Morgan fingerprint density at radius 3 is 2.77 bits per heavy atom. The van der Waals surface area contributed by atoms with Crippen molar-refractivity contribution in [2.24, 2.45) is 5.92 Å². The number of hydrogen-bond donors (Lipinski definition) is 1. The number of rotatable bonds is 6. The molecule has 2 aliphatic heterocycles. The summed E-state index contributed by atoms with van der Waals surface area (Å²) in [5.41, 5.74) is 2.37. The van der Waals surface area contributed by atoms with Gasteiger partial charge in [0.15, 0.2) is 11.5 Å². The summed E-state index contributed by atoms with van der Waals surface area (Å²) in [6.07, 6.45) is 1.57. The number of ether oxygens (including phenoxy) is 3. The zero-order valence-corrected chi connectivity index (χ0v) is 14.7. The van der Waals surface area contributed by atoms with E-state index in [1.165, 1.54) is 5.56 Å². The van der Waals surface area contributed by atoms with Gasteiger partial charge in [-0.2, -0.15) is 0 Å². The molecule has 1 saturated heterocycles. The van der Waals surface area contributed by atoms with Crippen molar-refractivity contribution in [2.75, 3.05) is 33.2 Å². The van der Waals surface area contributed by atoms with Crippen LogP contribution >= 0.6 is 0 Å². The third kappa shape index (κ3) is 3.78. The van der Waals surface area contributed by atoms with Crippen LogP contribution in [0.2, 0.25) is 0 Å². The molecule has 2 aromatic carbocycles. The number of piperidine rings is 1. The van der Waals surface area contributed by atoms with E-state index in [4.69, 9.17) is 14.2 Å². The van der Waals surface area contributed by atoms with E-state index in [1.807, 2.05) is 30.3 Å². The fourth-order valence-electron chi connectivity index (χ4n) is 3.75. The fourth-order valence-corrected chi connectivity index (χ4v) is 3.75. The summed E-state index contributed by atoms with van der Waals surface area (Å²) in [6, 6.07) is 14.1. The van der Waals surface area contributed by atoms with Crippen molar-refractivity contribution in [2.45, 2.75) is 18.8 Å². The molecule has 2 aliphatic rings. The van der Waals surface area contributed by atoms with Crippen molar-refractivity contribution in [1.29, 1.82) is 0 Å². The molecule has 26 heavy (non-hydrogen) atoms. The Bertz CT molecular complexity index is 735. The lowest BCUT2D eigenvalue weighted by atomic mass is 9.81. The number of alkyl halides is 1. The number of halogens is 1. The highest BCUT2D eigenvalue weighted by atomic mass is 19.1. The van der Waals surface area contributed by atoms with E-state index in [-0.39, 0.29) is 13.5 Å². The largest absolute Gasteiger partial charge is 0.493 e. The summed E-state index contributed by atoms with van der Waals surface area (Å²) in [5.74, 6) is 3.15. The lowest BCUT2D eigenvalue weighted by molar-refractivity contribution is 0.173. The minimum atomic E-state index is -0.307. The van der Waals surface area contributed by atoms with Gasteiger partial charge in [-0.1, -0.05) is 24.3 Å². The Balaban J connectivity index is 1.42. The monoisotopic (exact) mass is 357 g/mol. The Morgan fingerprint density at radius 1 is 1.08 bits per heavy atom. The fraction of sp³-hybridized carbons (Fsp3) is 0.429. The first-order valence-electron chi connectivity index (χ1n) is 9.21. The average Bonchev–Trinajstić information content (AvgIpc) is 3.15. The second-order valence-corrected chi connectivity index (χ2v) is 6.87. The van der Waals surface area contributed by atoms with Gasteiger partial charge in [0.25, 0.3) is 0 Å². The number of benzene rings is 2. The van der Waals surface area contributed by atoms with Crippen LogP contribution in [0.4, 0.5) is 4.39 Å². The molecular formula is C21H24FNO3. The number of aryl methyl sites for hydroxylation is 1. The average molecular weight is 357 g/mol. The molecule has 4 rings (SSSR count). The van der Waals surface area contributed by atoms with E-state index in [0.717, 1.165) is 42.3 Å². The third-order valence-corrected chi connectivity index (χ3v) is 5.21. The van der Waals surface area contributed by atoms with Crippen LogP contribution in [-0.2, 0) is 6.42 Å². The molecule has 0 aromatic heterocycles. The maximum absolute atomic E-state index is 12.5. The highest BCUT2D eigenvalue weighted by molar-refractivity contribution is 5.46. The molecule has 0 amide bonds. The van der Waals surface area contributed by atoms with Gasteiger partial charge in [0.2, 0.25) is 6.79 Å². The third-order valence-electron chi connectivity index (χ3n) is 5.21. The summed E-state index contributed by atoms with van der Waals surface area (Å²) in [6.45, 7) is 2.55. The first kappa shape index (κ1) is 17.2.